The quantitative estimate of drug-likeness (QED) is 0.175. The molecule has 160 valence electrons. The van der Waals surface area contributed by atoms with E-state index in [2.05, 4.69) is 6.58 Å². The van der Waals surface area contributed by atoms with Crippen LogP contribution < -0.4 is 4.74 Å². The molecule has 0 unspecified atom stereocenters. The lowest BCUT2D eigenvalue weighted by Gasteiger charge is -2.12. The first-order valence-electron chi connectivity index (χ1n) is 10.6. The molecular formula is C26H32O4. The van der Waals surface area contributed by atoms with Gasteiger partial charge in [0.1, 0.15) is 5.75 Å². The van der Waals surface area contributed by atoms with E-state index in [4.69, 9.17) is 9.47 Å². The maximum absolute atomic E-state index is 12.8. The second-order valence-electron chi connectivity index (χ2n) is 7.58. The van der Waals surface area contributed by atoms with Crippen molar-refractivity contribution in [3.63, 3.8) is 0 Å². The zero-order chi connectivity index (χ0) is 21.8. The Morgan fingerprint density at radius 1 is 0.867 bits per heavy atom. The van der Waals surface area contributed by atoms with Crippen LogP contribution in [0.4, 0.5) is 0 Å². The number of carbonyl (C=O) groups excluding carboxylic acids is 2. The predicted molar refractivity (Wildman–Crippen MR) is 120 cm³/mol. The van der Waals surface area contributed by atoms with E-state index >= 15 is 0 Å². The Balaban J connectivity index is 1.69. The van der Waals surface area contributed by atoms with E-state index in [1.54, 1.807) is 6.92 Å². The summed E-state index contributed by atoms with van der Waals surface area (Å²) in [5.74, 6) is 0.323. The first-order chi connectivity index (χ1) is 14.5. The van der Waals surface area contributed by atoms with Gasteiger partial charge in [-0.15, -0.1) is 0 Å². The predicted octanol–water partition coefficient (Wildman–Crippen LogP) is 6.06. The van der Waals surface area contributed by atoms with Gasteiger partial charge in [0.2, 0.25) is 0 Å². The molecule has 2 rings (SSSR count). The van der Waals surface area contributed by atoms with Crippen LogP contribution in [-0.2, 0) is 9.53 Å². The van der Waals surface area contributed by atoms with Gasteiger partial charge in [-0.25, -0.2) is 4.79 Å². The molecule has 0 N–H and O–H groups in total. The lowest BCUT2D eigenvalue weighted by atomic mass is 10.0. The molecule has 0 saturated carbocycles. The molecule has 0 bridgehead atoms. The highest BCUT2D eigenvalue weighted by Gasteiger charge is 2.15. The largest absolute Gasteiger partial charge is 0.493 e. The number of ether oxygens (including phenoxy) is 2. The van der Waals surface area contributed by atoms with Crippen molar-refractivity contribution in [2.75, 3.05) is 13.2 Å². The minimum absolute atomic E-state index is 0.0124. The first kappa shape index (κ1) is 23.4. The van der Waals surface area contributed by atoms with Crippen molar-refractivity contribution in [2.45, 2.75) is 52.4 Å². The third-order valence-electron chi connectivity index (χ3n) is 4.79. The fourth-order valence-corrected chi connectivity index (χ4v) is 3.07. The molecule has 0 spiro atoms. The number of unbranched alkanes of at least 4 members (excludes halogenated alkanes) is 5. The van der Waals surface area contributed by atoms with E-state index in [1.165, 1.54) is 0 Å². The lowest BCUT2D eigenvalue weighted by Crippen LogP contribution is -2.07. The van der Waals surface area contributed by atoms with Gasteiger partial charge in [-0.3, -0.25) is 4.79 Å². The number of esters is 1. The summed E-state index contributed by atoms with van der Waals surface area (Å²) < 4.78 is 11.0. The highest BCUT2D eigenvalue weighted by Crippen LogP contribution is 2.24. The van der Waals surface area contributed by atoms with E-state index in [0.29, 0.717) is 35.7 Å². The average Bonchev–Trinajstić information content (AvgIpc) is 2.75. The van der Waals surface area contributed by atoms with Gasteiger partial charge in [0.05, 0.1) is 18.8 Å². The molecule has 0 atom stereocenters. The summed E-state index contributed by atoms with van der Waals surface area (Å²) in [6.45, 7) is 8.25. The van der Waals surface area contributed by atoms with Crippen LogP contribution in [0.5, 0.6) is 5.75 Å². The van der Waals surface area contributed by atoms with Gasteiger partial charge in [0, 0.05) is 11.1 Å². The molecule has 4 nitrogen and oxygen atoms in total. The van der Waals surface area contributed by atoms with Crippen molar-refractivity contribution in [3.8, 4) is 5.75 Å². The number of hydrogen-bond acceptors (Lipinski definition) is 4. The third kappa shape index (κ3) is 7.86. The van der Waals surface area contributed by atoms with E-state index < -0.39 is 0 Å². The van der Waals surface area contributed by atoms with Crippen molar-refractivity contribution >= 4 is 11.8 Å². The van der Waals surface area contributed by atoms with E-state index in [0.717, 1.165) is 44.1 Å². The third-order valence-corrected chi connectivity index (χ3v) is 4.79. The second-order valence-corrected chi connectivity index (χ2v) is 7.58. The summed E-state index contributed by atoms with van der Waals surface area (Å²) in [4.78, 5) is 24.1. The molecule has 0 heterocycles. The van der Waals surface area contributed by atoms with Crippen LogP contribution in [-0.4, -0.2) is 25.0 Å². The Labute approximate surface area is 179 Å². The highest BCUT2D eigenvalue weighted by atomic mass is 16.5. The van der Waals surface area contributed by atoms with Gasteiger partial charge in [-0.2, -0.15) is 0 Å². The Hall–Kier alpha value is -2.88. The Kier molecular flexibility index (Phi) is 9.85. The molecule has 0 amide bonds. The lowest BCUT2D eigenvalue weighted by molar-refractivity contribution is -0.139. The maximum Gasteiger partial charge on any atom is 0.333 e. The number of ketones is 1. The standard InChI is InChI=1S/C26H32O4/c1-20(2)26(28)30-18-12-7-5-4-6-11-17-29-24-16-15-21(3)19-23(24)25(27)22-13-9-8-10-14-22/h8-10,13-16,19H,1,4-7,11-12,17-18H2,2-3H3. The van der Waals surface area contributed by atoms with Crippen molar-refractivity contribution in [2.24, 2.45) is 0 Å². The van der Waals surface area contributed by atoms with Crippen LogP contribution in [0.3, 0.4) is 0 Å². The van der Waals surface area contributed by atoms with Gasteiger partial charge in [0.15, 0.2) is 5.78 Å². The highest BCUT2D eigenvalue weighted by molar-refractivity contribution is 6.10. The molecule has 30 heavy (non-hydrogen) atoms. The molecule has 0 aliphatic heterocycles. The molecule has 0 aliphatic rings. The van der Waals surface area contributed by atoms with Crippen LogP contribution in [0.2, 0.25) is 0 Å². The number of rotatable bonds is 13. The zero-order valence-corrected chi connectivity index (χ0v) is 18.1. The Morgan fingerprint density at radius 3 is 2.17 bits per heavy atom. The summed E-state index contributed by atoms with van der Waals surface area (Å²) in [7, 11) is 0. The SMILES string of the molecule is C=C(C)C(=O)OCCCCCCCCOc1ccc(C)cc1C(=O)c1ccccc1. The van der Waals surface area contributed by atoms with Crippen molar-refractivity contribution < 1.29 is 19.1 Å². The molecule has 0 saturated heterocycles. The van der Waals surface area contributed by atoms with Crippen molar-refractivity contribution in [3.05, 3.63) is 77.4 Å². The van der Waals surface area contributed by atoms with E-state index in [9.17, 15) is 9.59 Å². The molecule has 0 aromatic heterocycles. The van der Waals surface area contributed by atoms with Crippen LogP contribution in [0.1, 0.15) is 66.9 Å². The van der Waals surface area contributed by atoms with Gasteiger partial charge < -0.3 is 9.47 Å². The molecule has 2 aromatic carbocycles. The van der Waals surface area contributed by atoms with E-state index in [1.807, 2.05) is 55.5 Å². The van der Waals surface area contributed by atoms with Gasteiger partial charge in [-0.05, 0) is 38.8 Å². The fourth-order valence-electron chi connectivity index (χ4n) is 3.07. The molecule has 2 aromatic rings. The number of aryl methyl sites for hydroxylation is 1. The monoisotopic (exact) mass is 408 g/mol. The summed E-state index contributed by atoms with van der Waals surface area (Å²) in [6, 6.07) is 15.0. The van der Waals surface area contributed by atoms with Gasteiger partial charge in [0.25, 0.3) is 0 Å². The van der Waals surface area contributed by atoms with Gasteiger partial charge in [-0.1, -0.05) is 74.2 Å². The van der Waals surface area contributed by atoms with Crippen LogP contribution in [0.25, 0.3) is 0 Å². The molecule has 0 fully saturated rings. The summed E-state index contributed by atoms with van der Waals surface area (Å²) >= 11 is 0. The van der Waals surface area contributed by atoms with Crippen molar-refractivity contribution in [1.82, 2.24) is 0 Å². The molecule has 0 radical (unpaired) electrons. The Morgan fingerprint density at radius 2 is 1.50 bits per heavy atom. The Bertz CT molecular complexity index is 839. The number of carbonyl (C=O) groups is 2. The minimum Gasteiger partial charge on any atom is -0.493 e. The van der Waals surface area contributed by atoms with Crippen LogP contribution >= 0.6 is 0 Å². The van der Waals surface area contributed by atoms with Crippen molar-refractivity contribution in [1.29, 1.82) is 0 Å². The van der Waals surface area contributed by atoms with Crippen LogP contribution in [0.15, 0.2) is 60.7 Å². The topological polar surface area (TPSA) is 52.6 Å². The fraction of sp³-hybridized carbons (Fsp3) is 0.385. The minimum atomic E-state index is -0.312. The summed E-state index contributed by atoms with van der Waals surface area (Å²) in [5.41, 5.74) is 2.76. The number of benzene rings is 2. The van der Waals surface area contributed by atoms with Gasteiger partial charge >= 0.3 is 5.97 Å². The normalized spacial score (nSPS) is 10.5. The summed E-state index contributed by atoms with van der Waals surface area (Å²) in [6.07, 6.45) is 6.15. The van der Waals surface area contributed by atoms with E-state index in [-0.39, 0.29) is 11.8 Å². The maximum atomic E-state index is 12.8. The summed E-state index contributed by atoms with van der Waals surface area (Å²) in [5, 5.41) is 0. The molecule has 4 heteroatoms. The number of hydrogen-bond donors (Lipinski definition) is 0. The first-order valence-corrected chi connectivity index (χ1v) is 10.6. The average molecular weight is 409 g/mol. The van der Waals surface area contributed by atoms with Crippen LogP contribution in [0, 0.1) is 6.92 Å². The zero-order valence-electron chi connectivity index (χ0n) is 18.1. The smallest absolute Gasteiger partial charge is 0.333 e. The molecule has 0 aliphatic carbocycles. The second kappa shape index (κ2) is 12.6. The molecular weight excluding hydrogens is 376 g/mol.